The van der Waals surface area contributed by atoms with Crippen LogP contribution in [0.5, 0.6) is 0 Å². The number of hydrogen-bond donors (Lipinski definition) is 0. The molecule has 5 heterocycles. The van der Waals surface area contributed by atoms with Crippen molar-refractivity contribution in [3.63, 3.8) is 0 Å². The van der Waals surface area contributed by atoms with Crippen molar-refractivity contribution in [1.29, 1.82) is 5.26 Å². The molecule has 1 saturated heterocycles. The van der Waals surface area contributed by atoms with Crippen molar-refractivity contribution in [1.82, 2.24) is 24.7 Å². The smallest absolute Gasteiger partial charge is 0.276 e. The number of carbonyl (C=O) groups is 1. The van der Waals surface area contributed by atoms with Crippen LogP contribution in [0.4, 0.5) is 20.9 Å². The van der Waals surface area contributed by atoms with Gasteiger partial charge in [0, 0.05) is 56.2 Å². The first kappa shape index (κ1) is 26.5. The zero-order valence-electron chi connectivity index (χ0n) is 22.8. The van der Waals surface area contributed by atoms with Gasteiger partial charge in [-0.3, -0.25) is 4.79 Å². The molecule has 0 aliphatic carbocycles. The Bertz CT molecular complexity index is 1760. The monoisotopic (exact) mass is 570 g/mol. The quantitative estimate of drug-likeness (QED) is 0.279. The zero-order chi connectivity index (χ0) is 28.7. The summed E-state index contributed by atoms with van der Waals surface area (Å²) in [5.41, 5.74) is 6.32. The van der Waals surface area contributed by atoms with Crippen molar-refractivity contribution in [3.8, 4) is 17.3 Å². The molecule has 0 unspecified atom stereocenters. The van der Waals surface area contributed by atoms with Crippen LogP contribution in [-0.4, -0.2) is 63.8 Å². The van der Waals surface area contributed by atoms with E-state index in [1.165, 1.54) is 29.7 Å². The number of piperazine rings is 1. The van der Waals surface area contributed by atoms with Gasteiger partial charge in [-0.1, -0.05) is 23.4 Å². The molecule has 4 aromatic heterocycles. The number of anilines is 3. The predicted octanol–water partition coefficient (Wildman–Crippen LogP) is 5.06. The molecule has 0 radical (unpaired) electrons. The summed E-state index contributed by atoms with van der Waals surface area (Å²) in [7, 11) is 1.93. The van der Waals surface area contributed by atoms with Crippen molar-refractivity contribution in [2.24, 2.45) is 0 Å². The molecule has 208 valence electrons. The maximum atomic E-state index is 13.5. The minimum Gasteiger partial charge on any atom is -0.368 e. The fourth-order valence-electron chi connectivity index (χ4n) is 5.19. The molecule has 1 amide bonds. The predicted molar refractivity (Wildman–Crippen MR) is 154 cm³/mol. The number of carbonyl (C=O) groups excluding carboxylic acids is 1. The molecule has 6 rings (SSSR count). The Morgan fingerprint density at radius 1 is 1.17 bits per heavy atom. The summed E-state index contributed by atoms with van der Waals surface area (Å²) < 4.78 is 20.3. The van der Waals surface area contributed by atoms with Crippen LogP contribution >= 0.6 is 11.3 Å². The lowest BCUT2D eigenvalue weighted by Crippen LogP contribution is -2.48. The summed E-state index contributed by atoms with van der Waals surface area (Å²) >= 11 is 1.29. The first-order valence-corrected chi connectivity index (χ1v) is 14.1. The number of benzene rings is 1. The average Bonchev–Trinajstić information content (AvgIpc) is 3.76. The third-order valence-electron chi connectivity index (χ3n) is 7.32. The second-order valence-electron chi connectivity index (χ2n) is 9.82. The molecule has 1 aromatic carbocycles. The summed E-state index contributed by atoms with van der Waals surface area (Å²) in [6.45, 7) is 6.60. The van der Waals surface area contributed by atoms with E-state index in [4.69, 9.17) is 14.6 Å². The van der Waals surface area contributed by atoms with Crippen molar-refractivity contribution < 1.29 is 13.7 Å². The van der Waals surface area contributed by atoms with Gasteiger partial charge in [0.15, 0.2) is 10.8 Å². The molecular formula is C29H27FN8O2S. The Morgan fingerprint density at radius 3 is 2.59 bits per heavy atom. The standard InChI is InChI=1S/C29H27FN8O2S/c1-4-22-27(35(3)29-32-26(25(17-31)41-29)19-5-7-20(30)8-6-19)24-16-21(15-18(2)38(24)33-22)36-10-12-37(13-11-36)28(39)23-9-14-40-34-23/h5-9,14-16H,4,10-13H2,1-3H3. The Kier molecular flexibility index (Phi) is 6.88. The van der Waals surface area contributed by atoms with Crippen LogP contribution in [0.15, 0.2) is 53.3 Å². The molecule has 41 heavy (non-hydrogen) atoms. The van der Waals surface area contributed by atoms with Crippen LogP contribution in [0.1, 0.15) is 33.7 Å². The number of pyridine rings is 1. The lowest BCUT2D eigenvalue weighted by atomic mass is 10.1. The van der Waals surface area contributed by atoms with Gasteiger partial charge in [-0.05, 0) is 49.7 Å². The number of aryl methyl sites for hydroxylation is 2. The summed E-state index contributed by atoms with van der Waals surface area (Å²) in [5, 5.41) is 19.2. The van der Waals surface area contributed by atoms with E-state index in [1.807, 2.05) is 23.4 Å². The Morgan fingerprint density at radius 2 is 1.93 bits per heavy atom. The molecule has 0 bridgehead atoms. The van der Waals surface area contributed by atoms with Crippen LogP contribution in [0.25, 0.3) is 16.8 Å². The summed E-state index contributed by atoms with van der Waals surface area (Å²) in [4.78, 5) is 24.0. The number of aromatic nitrogens is 4. The maximum absolute atomic E-state index is 13.5. The van der Waals surface area contributed by atoms with E-state index in [1.54, 1.807) is 23.1 Å². The van der Waals surface area contributed by atoms with Crippen molar-refractivity contribution in [3.05, 3.63) is 76.5 Å². The van der Waals surface area contributed by atoms with E-state index < -0.39 is 0 Å². The van der Waals surface area contributed by atoms with E-state index >= 15 is 0 Å². The van der Waals surface area contributed by atoms with E-state index in [0.29, 0.717) is 59.6 Å². The van der Waals surface area contributed by atoms with Crippen molar-refractivity contribution in [2.75, 3.05) is 43.0 Å². The molecule has 0 saturated carbocycles. The van der Waals surface area contributed by atoms with E-state index in [-0.39, 0.29) is 11.7 Å². The summed E-state index contributed by atoms with van der Waals surface area (Å²) in [5.74, 6) is -0.467. The highest BCUT2D eigenvalue weighted by Crippen LogP contribution is 2.39. The highest BCUT2D eigenvalue weighted by molar-refractivity contribution is 7.16. The van der Waals surface area contributed by atoms with Gasteiger partial charge >= 0.3 is 0 Å². The second-order valence-corrected chi connectivity index (χ2v) is 10.8. The molecule has 5 aromatic rings. The number of fused-ring (bicyclic) bond motifs is 1. The highest BCUT2D eigenvalue weighted by Gasteiger charge is 2.26. The van der Waals surface area contributed by atoms with Gasteiger partial charge in [0.25, 0.3) is 5.91 Å². The van der Waals surface area contributed by atoms with Gasteiger partial charge in [0.2, 0.25) is 0 Å². The lowest BCUT2D eigenvalue weighted by molar-refractivity contribution is 0.0736. The number of rotatable bonds is 6. The maximum Gasteiger partial charge on any atom is 0.276 e. The second kappa shape index (κ2) is 10.7. The topological polar surface area (TPSA) is 107 Å². The van der Waals surface area contributed by atoms with Crippen LogP contribution in [0.2, 0.25) is 0 Å². The first-order valence-electron chi connectivity index (χ1n) is 13.3. The molecule has 12 heteroatoms. The molecule has 0 atom stereocenters. The summed E-state index contributed by atoms with van der Waals surface area (Å²) in [6, 6.07) is 14.1. The van der Waals surface area contributed by atoms with Crippen molar-refractivity contribution in [2.45, 2.75) is 20.3 Å². The molecule has 1 aliphatic heterocycles. The SMILES string of the molecule is CCc1nn2c(C)cc(N3CCN(C(=O)c4ccon4)CC3)cc2c1N(C)c1nc(-c2ccc(F)cc2)c(C#N)s1. The molecule has 1 aliphatic rings. The number of thiazole rings is 1. The first-order chi connectivity index (χ1) is 19.9. The van der Waals surface area contributed by atoms with Crippen LogP contribution in [-0.2, 0) is 6.42 Å². The van der Waals surface area contributed by atoms with Crippen LogP contribution in [0.3, 0.4) is 0 Å². The average molecular weight is 571 g/mol. The van der Waals surface area contributed by atoms with E-state index in [2.05, 4.69) is 35.2 Å². The molecular weight excluding hydrogens is 543 g/mol. The van der Waals surface area contributed by atoms with Crippen LogP contribution < -0.4 is 9.80 Å². The molecule has 1 fully saturated rings. The normalized spacial score (nSPS) is 13.5. The lowest BCUT2D eigenvalue weighted by Gasteiger charge is -2.36. The molecule has 10 nitrogen and oxygen atoms in total. The minimum absolute atomic E-state index is 0.127. The van der Waals surface area contributed by atoms with Gasteiger partial charge in [-0.15, -0.1) is 0 Å². The third kappa shape index (κ3) is 4.78. The number of nitrogens with zero attached hydrogens (tertiary/aromatic N) is 8. The number of amides is 1. The Hall–Kier alpha value is -4.76. The molecule has 0 spiro atoms. The van der Waals surface area contributed by atoms with Crippen molar-refractivity contribution >= 4 is 39.3 Å². The van der Waals surface area contributed by atoms with Crippen LogP contribution in [0, 0.1) is 24.1 Å². The fourth-order valence-corrected chi connectivity index (χ4v) is 6.04. The third-order valence-corrected chi connectivity index (χ3v) is 8.36. The number of halogens is 1. The minimum atomic E-state index is -0.340. The zero-order valence-corrected chi connectivity index (χ0v) is 23.7. The van der Waals surface area contributed by atoms with Gasteiger partial charge in [0.1, 0.15) is 28.7 Å². The Balaban J connectivity index is 1.33. The van der Waals surface area contributed by atoms with Gasteiger partial charge in [-0.2, -0.15) is 10.4 Å². The molecule has 0 N–H and O–H groups in total. The highest BCUT2D eigenvalue weighted by atomic mass is 32.1. The Labute approximate surface area is 239 Å². The summed E-state index contributed by atoms with van der Waals surface area (Å²) in [6.07, 6.45) is 2.11. The fraction of sp³-hybridized carbons (Fsp3) is 0.276. The van der Waals surface area contributed by atoms with Gasteiger partial charge < -0.3 is 19.2 Å². The number of nitriles is 1. The van der Waals surface area contributed by atoms with Gasteiger partial charge in [-0.25, -0.2) is 13.9 Å². The van der Waals surface area contributed by atoms with E-state index in [9.17, 15) is 14.4 Å². The van der Waals surface area contributed by atoms with E-state index in [0.717, 1.165) is 28.3 Å². The number of hydrogen-bond acceptors (Lipinski definition) is 9. The largest absolute Gasteiger partial charge is 0.368 e. The van der Waals surface area contributed by atoms with Gasteiger partial charge in [0.05, 0.1) is 16.9 Å².